The normalized spacial score (nSPS) is 10.2. The minimum absolute atomic E-state index is 0.150. The highest BCUT2D eigenvalue weighted by Crippen LogP contribution is 2.23. The molecule has 0 heterocycles. The fourth-order valence-electron chi connectivity index (χ4n) is 1.91. The van der Waals surface area contributed by atoms with Crippen LogP contribution in [-0.2, 0) is 0 Å². The summed E-state index contributed by atoms with van der Waals surface area (Å²) in [6, 6.07) is 4.13. The van der Waals surface area contributed by atoms with E-state index in [0.29, 0.717) is 23.3 Å². The van der Waals surface area contributed by atoms with Gasteiger partial charge in [0.1, 0.15) is 0 Å². The molecule has 0 saturated carbocycles. The zero-order valence-electron chi connectivity index (χ0n) is 14.3. The molecule has 0 fully saturated rings. The van der Waals surface area contributed by atoms with E-state index in [-0.39, 0.29) is 11.3 Å². The van der Waals surface area contributed by atoms with Crippen LogP contribution in [0.3, 0.4) is 0 Å². The van der Waals surface area contributed by atoms with E-state index < -0.39 is 10.8 Å². The van der Waals surface area contributed by atoms with Crippen LogP contribution < -0.4 is 21.1 Å². The lowest BCUT2D eigenvalue weighted by molar-refractivity contribution is -0.384. The summed E-state index contributed by atoms with van der Waals surface area (Å²) in [5.41, 5.74) is 5.66. The molecule has 132 valence electrons. The molecule has 0 atom stereocenters. The zero-order chi connectivity index (χ0) is 18.3. The average Bonchev–Trinajstić information content (AvgIpc) is 2.51. The highest BCUT2D eigenvalue weighted by molar-refractivity contribution is 7.80. The highest BCUT2D eigenvalue weighted by atomic mass is 32.1. The van der Waals surface area contributed by atoms with E-state index in [1.54, 1.807) is 19.0 Å². The molecule has 0 aromatic heterocycles. The molecule has 9 heteroatoms. The molecule has 0 aliphatic rings. The van der Waals surface area contributed by atoms with E-state index in [1.807, 2.05) is 0 Å². The van der Waals surface area contributed by atoms with Gasteiger partial charge >= 0.3 is 0 Å². The number of carbonyl (C=O) groups excluding carboxylic acids is 1. The monoisotopic (exact) mass is 353 g/mol. The maximum Gasteiger partial charge on any atom is 0.272 e. The fraction of sp³-hybridized carbons (Fsp3) is 0.467. The van der Waals surface area contributed by atoms with Crippen molar-refractivity contribution in [3.8, 4) is 0 Å². The van der Waals surface area contributed by atoms with Crippen LogP contribution in [0.15, 0.2) is 18.2 Å². The molecule has 0 aliphatic carbocycles. The first-order chi connectivity index (χ1) is 11.2. The molecular weight excluding hydrogens is 330 g/mol. The number of thiocarbonyl (C=S) groups is 1. The quantitative estimate of drug-likeness (QED) is 0.407. The maximum absolute atomic E-state index is 12.3. The summed E-state index contributed by atoms with van der Waals surface area (Å²) in [6.07, 6.45) is 0.950. The van der Waals surface area contributed by atoms with Crippen LogP contribution in [-0.4, -0.2) is 36.6 Å². The number of hydrogen-bond donors (Lipinski definition) is 3. The van der Waals surface area contributed by atoms with Crippen LogP contribution in [0.4, 0.5) is 11.4 Å². The minimum Gasteiger partial charge on any atom is -0.377 e. The highest BCUT2D eigenvalue weighted by Gasteiger charge is 2.18. The first-order valence-corrected chi connectivity index (χ1v) is 7.93. The number of non-ortho nitro benzene ring substituents is 1. The van der Waals surface area contributed by atoms with Gasteiger partial charge in [-0.05, 0) is 30.6 Å². The van der Waals surface area contributed by atoms with Crippen LogP contribution in [0.1, 0.15) is 30.6 Å². The van der Waals surface area contributed by atoms with Gasteiger partial charge in [-0.15, -0.1) is 0 Å². The Hall–Kier alpha value is -2.42. The van der Waals surface area contributed by atoms with E-state index in [9.17, 15) is 14.9 Å². The zero-order valence-corrected chi connectivity index (χ0v) is 15.1. The van der Waals surface area contributed by atoms with Crippen molar-refractivity contribution >= 4 is 34.6 Å². The number of nitro groups is 1. The summed E-state index contributed by atoms with van der Waals surface area (Å²) in [5.74, 6) is 0.0396. The third-order valence-corrected chi connectivity index (χ3v) is 3.46. The van der Waals surface area contributed by atoms with Crippen molar-refractivity contribution in [3.05, 3.63) is 33.9 Å². The van der Waals surface area contributed by atoms with E-state index >= 15 is 0 Å². The van der Waals surface area contributed by atoms with E-state index in [4.69, 9.17) is 12.2 Å². The van der Waals surface area contributed by atoms with E-state index in [0.717, 1.165) is 6.42 Å². The van der Waals surface area contributed by atoms with Gasteiger partial charge in [0.15, 0.2) is 5.11 Å². The van der Waals surface area contributed by atoms with Crippen molar-refractivity contribution in [2.45, 2.75) is 20.3 Å². The molecule has 0 radical (unpaired) electrons. The second-order valence-corrected chi connectivity index (χ2v) is 6.28. The summed E-state index contributed by atoms with van der Waals surface area (Å²) in [7, 11) is 3.51. The topological polar surface area (TPSA) is 99.5 Å². The van der Waals surface area contributed by atoms with Gasteiger partial charge in [-0.25, -0.2) is 0 Å². The first kappa shape index (κ1) is 19.6. The second kappa shape index (κ2) is 9.02. The largest absolute Gasteiger partial charge is 0.377 e. The lowest BCUT2D eigenvalue weighted by Crippen LogP contribution is -2.47. The Bertz CT molecular complexity index is 619. The number of nitro benzene ring substituents is 1. The number of nitrogens with zero attached hydrogens (tertiary/aromatic N) is 2. The Labute approximate surface area is 146 Å². The molecule has 0 bridgehead atoms. The molecule has 0 aliphatic heterocycles. The molecule has 0 saturated heterocycles. The fourth-order valence-corrected chi connectivity index (χ4v) is 2.06. The third-order valence-electron chi connectivity index (χ3n) is 3.21. The predicted molar refractivity (Wildman–Crippen MR) is 98.1 cm³/mol. The van der Waals surface area contributed by atoms with Gasteiger partial charge in [0, 0.05) is 38.5 Å². The number of rotatable bonds is 6. The SMILES string of the molecule is CC(C)CCNC(=S)NNC(=O)c1cc([N+](=O)[O-])ccc1N(C)C. The van der Waals surface area contributed by atoms with Gasteiger partial charge < -0.3 is 10.2 Å². The molecule has 0 unspecified atom stereocenters. The van der Waals surface area contributed by atoms with Crippen LogP contribution >= 0.6 is 12.2 Å². The molecule has 1 aromatic rings. The molecule has 3 N–H and O–H groups in total. The van der Waals surface area contributed by atoms with Crippen LogP contribution in [0.25, 0.3) is 0 Å². The number of benzene rings is 1. The summed E-state index contributed by atoms with van der Waals surface area (Å²) < 4.78 is 0. The first-order valence-electron chi connectivity index (χ1n) is 7.52. The predicted octanol–water partition coefficient (Wildman–Crippen LogP) is 1.82. The molecule has 1 rings (SSSR count). The molecule has 1 amide bonds. The van der Waals surface area contributed by atoms with Gasteiger partial charge in [0.05, 0.1) is 10.5 Å². The van der Waals surface area contributed by atoms with Gasteiger partial charge in [0.2, 0.25) is 0 Å². The van der Waals surface area contributed by atoms with E-state index in [2.05, 4.69) is 30.0 Å². The molecule has 24 heavy (non-hydrogen) atoms. The summed E-state index contributed by atoms with van der Waals surface area (Å²) >= 11 is 5.07. The van der Waals surface area contributed by atoms with E-state index in [1.165, 1.54) is 18.2 Å². The van der Waals surface area contributed by atoms with Crippen LogP contribution in [0.5, 0.6) is 0 Å². The summed E-state index contributed by atoms with van der Waals surface area (Å²) in [4.78, 5) is 24.4. The number of nitrogens with one attached hydrogen (secondary N) is 3. The number of carbonyl (C=O) groups is 1. The maximum atomic E-state index is 12.3. The smallest absolute Gasteiger partial charge is 0.272 e. The lowest BCUT2D eigenvalue weighted by Gasteiger charge is -2.18. The Kier molecular flexibility index (Phi) is 7.37. The standard InChI is InChI=1S/C15H23N5O3S/c1-10(2)7-8-16-15(24)18-17-14(21)12-9-11(20(22)23)5-6-13(12)19(3)4/h5-6,9-10H,7-8H2,1-4H3,(H,17,21)(H2,16,18,24). The second-order valence-electron chi connectivity index (χ2n) is 5.87. The van der Waals surface area contributed by atoms with Crippen molar-refractivity contribution in [1.82, 2.24) is 16.2 Å². The van der Waals surface area contributed by atoms with Gasteiger partial charge in [-0.2, -0.15) is 0 Å². The molecular formula is C15H23N5O3S. The molecule has 0 spiro atoms. The van der Waals surface area contributed by atoms with Gasteiger partial charge in [-0.3, -0.25) is 25.8 Å². The lowest BCUT2D eigenvalue weighted by atomic mass is 10.1. The van der Waals surface area contributed by atoms with Gasteiger partial charge in [-0.1, -0.05) is 13.8 Å². The van der Waals surface area contributed by atoms with Crippen molar-refractivity contribution in [1.29, 1.82) is 0 Å². The van der Waals surface area contributed by atoms with Crippen molar-refractivity contribution in [2.75, 3.05) is 25.5 Å². The van der Waals surface area contributed by atoms with Gasteiger partial charge in [0.25, 0.3) is 11.6 Å². The van der Waals surface area contributed by atoms with Crippen molar-refractivity contribution < 1.29 is 9.72 Å². The minimum atomic E-state index is -0.540. The average molecular weight is 353 g/mol. The Morgan fingerprint density at radius 1 is 1.33 bits per heavy atom. The summed E-state index contributed by atoms with van der Waals surface area (Å²) in [6.45, 7) is 4.90. The Morgan fingerprint density at radius 2 is 2.00 bits per heavy atom. The molecule has 8 nitrogen and oxygen atoms in total. The number of amides is 1. The molecule has 1 aromatic carbocycles. The Morgan fingerprint density at radius 3 is 2.54 bits per heavy atom. The number of hydrazine groups is 1. The van der Waals surface area contributed by atoms with Crippen molar-refractivity contribution in [2.24, 2.45) is 5.92 Å². The van der Waals surface area contributed by atoms with Crippen LogP contribution in [0.2, 0.25) is 0 Å². The van der Waals surface area contributed by atoms with Crippen LogP contribution in [0, 0.1) is 16.0 Å². The Balaban J connectivity index is 2.74. The number of anilines is 1. The third kappa shape index (κ3) is 5.99. The summed E-state index contributed by atoms with van der Waals surface area (Å²) in [5, 5.41) is 14.2. The van der Waals surface area contributed by atoms with Crippen molar-refractivity contribution in [3.63, 3.8) is 0 Å². The number of hydrogen-bond acceptors (Lipinski definition) is 5.